The number of nitrogens with zero attached hydrogens (tertiary/aromatic N) is 3. The lowest BCUT2D eigenvalue weighted by molar-refractivity contribution is -0.134. The summed E-state index contributed by atoms with van der Waals surface area (Å²) in [5, 5.41) is 3.35. The monoisotopic (exact) mass is 446 g/mol. The highest BCUT2D eigenvalue weighted by Crippen LogP contribution is 2.17. The van der Waals surface area contributed by atoms with Gasteiger partial charge >= 0.3 is 0 Å². The number of carbonyl (C=O) groups is 2. The Hall–Kier alpha value is -2.49. The fourth-order valence-corrected chi connectivity index (χ4v) is 4.06. The van der Waals surface area contributed by atoms with Gasteiger partial charge in [-0.1, -0.05) is 12.1 Å². The van der Waals surface area contributed by atoms with E-state index >= 15 is 0 Å². The van der Waals surface area contributed by atoms with Crippen molar-refractivity contribution < 1.29 is 19.1 Å². The van der Waals surface area contributed by atoms with Gasteiger partial charge in [0.05, 0.1) is 33.3 Å². The Balaban J connectivity index is 1.58. The van der Waals surface area contributed by atoms with Crippen molar-refractivity contribution in [2.75, 3.05) is 58.4 Å². The quantitative estimate of drug-likeness (QED) is 0.602. The molecule has 1 saturated heterocycles. The van der Waals surface area contributed by atoms with Crippen LogP contribution >= 0.6 is 11.3 Å². The van der Waals surface area contributed by atoms with Crippen molar-refractivity contribution in [3.8, 4) is 5.75 Å². The second kappa shape index (κ2) is 11.8. The van der Waals surface area contributed by atoms with Crippen LogP contribution in [0.2, 0.25) is 0 Å². The average Bonchev–Trinajstić information content (AvgIpc) is 3.18. The van der Waals surface area contributed by atoms with Crippen molar-refractivity contribution in [2.24, 2.45) is 0 Å². The van der Waals surface area contributed by atoms with Gasteiger partial charge in [0.15, 0.2) is 5.13 Å². The molecule has 0 bridgehead atoms. The molecule has 31 heavy (non-hydrogen) atoms. The molecule has 1 aromatic heterocycles. The van der Waals surface area contributed by atoms with E-state index in [1.165, 1.54) is 11.3 Å². The van der Waals surface area contributed by atoms with Crippen molar-refractivity contribution >= 4 is 28.3 Å². The summed E-state index contributed by atoms with van der Waals surface area (Å²) >= 11 is 1.42. The van der Waals surface area contributed by atoms with Crippen LogP contribution < -0.4 is 10.1 Å². The van der Waals surface area contributed by atoms with Crippen molar-refractivity contribution in [2.45, 2.75) is 19.8 Å². The molecule has 3 rings (SSSR count). The van der Waals surface area contributed by atoms with Gasteiger partial charge in [0.1, 0.15) is 5.75 Å². The molecule has 0 unspecified atom stereocenters. The van der Waals surface area contributed by atoms with Crippen molar-refractivity contribution in [3.63, 3.8) is 0 Å². The van der Waals surface area contributed by atoms with Gasteiger partial charge in [0, 0.05) is 37.3 Å². The molecule has 1 aliphatic rings. The number of rotatable bonds is 10. The molecular weight excluding hydrogens is 416 g/mol. The maximum absolute atomic E-state index is 13.0. The standard InChI is InChI=1S/C22H30N4O4S/c1-17-15-23-22(31-17)24-20(27)16-26(9-3-8-25-10-12-30-13-11-25)21(28)14-18-4-6-19(29-2)7-5-18/h4-7,15H,3,8-14,16H2,1-2H3,(H,23,24,27). The van der Waals surface area contributed by atoms with Gasteiger partial charge in [-0.3, -0.25) is 14.5 Å². The van der Waals surface area contributed by atoms with Crippen LogP contribution in [0, 0.1) is 6.92 Å². The largest absolute Gasteiger partial charge is 0.497 e. The Labute approximate surface area is 187 Å². The maximum Gasteiger partial charge on any atom is 0.245 e. The number of anilines is 1. The Morgan fingerprint density at radius 1 is 1.26 bits per heavy atom. The molecule has 0 atom stereocenters. The Morgan fingerprint density at radius 3 is 2.65 bits per heavy atom. The Bertz CT molecular complexity index is 849. The summed E-state index contributed by atoms with van der Waals surface area (Å²) in [7, 11) is 1.61. The molecule has 168 valence electrons. The smallest absolute Gasteiger partial charge is 0.245 e. The van der Waals surface area contributed by atoms with E-state index in [0.29, 0.717) is 11.7 Å². The minimum absolute atomic E-state index is 0.0106. The number of amides is 2. The summed E-state index contributed by atoms with van der Waals surface area (Å²) < 4.78 is 10.6. The summed E-state index contributed by atoms with van der Waals surface area (Å²) in [6, 6.07) is 7.42. The molecule has 2 aromatic rings. The number of aromatic nitrogens is 1. The van der Waals surface area contributed by atoms with E-state index in [9.17, 15) is 9.59 Å². The van der Waals surface area contributed by atoms with Gasteiger partial charge in [-0.2, -0.15) is 0 Å². The molecule has 0 radical (unpaired) electrons. The van der Waals surface area contributed by atoms with Crippen LogP contribution in [-0.2, 0) is 20.7 Å². The zero-order chi connectivity index (χ0) is 22.1. The van der Waals surface area contributed by atoms with Crippen molar-refractivity contribution in [1.29, 1.82) is 0 Å². The third kappa shape index (κ3) is 7.61. The molecule has 8 nitrogen and oxygen atoms in total. The van der Waals surface area contributed by atoms with Gasteiger partial charge in [0.25, 0.3) is 0 Å². The predicted molar refractivity (Wildman–Crippen MR) is 121 cm³/mol. The van der Waals surface area contributed by atoms with E-state index in [0.717, 1.165) is 55.5 Å². The summed E-state index contributed by atoms with van der Waals surface area (Å²) in [5.41, 5.74) is 0.889. The predicted octanol–water partition coefficient (Wildman–Crippen LogP) is 2.19. The molecule has 1 aromatic carbocycles. The second-order valence-corrected chi connectivity index (χ2v) is 8.71. The first-order valence-corrected chi connectivity index (χ1v) is 11.3. The molecule has 0 aliphatic carbocycles. The van der Waals surface area contributed by atoms with Crippen molar-refractivity contribution in [3.05, 3.63) is 40.9 Å². The highest BCUT2D eigenvalue weighted by molar-refractivity contribution is 7.15. The number of ether oxygens (including phenoxy) is 2. The van der Waals surface area contributed by atoms with E-state index in [4.69, 9.17) is 9.47 Å². The topological polar surface area (TPSA) is 84.0 Å². The second-order valence-electron chi connectivity index (χ2n) is 7.47. The summed E-state index contributed by atoms with van der Waals surface area (Å²) in [6.45, 7) is 6.65. The number of carbonyl (C=O) groups excluding carboxylic acids is 2. The zero-order valence-electron chi connectivity index (χ0n) is 18.1. The molecule has 9 heteroatoms. The van der Waals surface area contributed by atoms with E-state index in [1.54, 1.807) is 18.2 Å². The third-order valence-electron chi connectivity index (χ3n) is 5.08. The van der Waals surface area contributed by atoms with Gasteiger partial charge < -0.3 is 19.7 Å². The first-order chi connectivity index (χ1) is 15.0. The number of thiazole rings is 1. The maximum atomic E-state index is 13.0. The van der Waals surface area contributed by atoms with Crippen LogP contribution in [0.1, 0.15) is 16.9 Å². The van der Waals surface area contributed by atoms with Crippen LogP contribution in [-0.4, -0.2) is 79.6 Å². The number of nitrogens with one attached hydrogen (secondary N) is 1. The van der Waals surface area contributed by atoms with Crippen LogP contribution in [0.15, 0.2) is 30.5 Å². The van der Waals surface area contributed by atoms with E-state index < -0.39 is 0 Å². The van der Waals surface area contributed by atoms with Gasteiger partial charge in [-0.15, -0.1) is 11.3 Å². The summed E-state index contributed by atoms with van der Waals surface area (Å²) in [4.78, 5) is 34.7. The molecule has 0 spiro atoms. The molecule has 2 heterocycles. The fourth-order valence-electron chi connectivity index (χ4n) is 3.38. The number of benzene rings is 1. The SMILES string of the molecule is COc1ccc(CC(=O)N(CCCN2CCOCC2)CC(=O)Nc2ncc(C)s2)cc1. The zero-order valence-corrected chi connectivity index (χ0v) is 19.0. The molecule has 0 saturated carbocycles. The lowest BCUT2D eigenvalue weighted by Crippen LogP contribution is -2.42. The fraction of sp³-hybridized carbons (Fsp3) is 0.500. The minimum Gasteiger partial charge on any atom is -0.497 e. The summed E-state index contributed by atoms with van der Waals surface area (Å²) in [6.07, 6.45) is 2.76. The van der Waals surface area contributed by atoms with Crippen LogP contribution in [0.3, 0.4) is 0 Å². The highest BCUT2D eigenvalue weighted by Gasteiger charge is 2.19. The van der Waals surface area contributed by atoms with Crippen LogP contribution in [0.4, 0.5) is 5.13 Å². The molecule has 1 aliphatic heterocycles. The Kier molecular flexibility index (Phi) is 8.81. The first kappa shape index (κ1) is 23.2. The number of aryl methyl sites for hydroxylation is 1. The van der Waals surface area contributed by atoms with Gasteiger partial charge in [-0.25, -0.2) is 4.98 Å². The lowest BCUT2D eigenvalue weighted by atomic mass is 10.1. The average molecular weight is 447 g/mol. The molecule has 2 amide bonds. The Morgan fingerprint density at radius 2 is 2.00 bits per heavy atom. The summed E-state index contributed by atoms with van der Waals surface area (Å²) in [5.74, 6) is 0.443. The molecule has 1 N–H and O–H groups in total. The van der Waals surface area contributed by atoms with Gasteiger partial charge in [0.2, 0.25) is 11.8 Å². The number of methoxy groups -OCH3 is 1. The number of morpholine rings is 1. The lowest BCUT2D eigenvalue weighted by Gasteiger charge is -2.28. The normalized spacial score (nSPS) is 14.3. The minimum atomic E-state index is -0.233. The van der Waals surface area contributed by atoms with Crippen LogP contribution in [0.5, 0.6) is 5.75 Å². The van der Waals surface area contributed by atoms with Gasteiger partial charge in [-0.05, 0) is 31.0 Å². The van der Waals surface area contributed by atoms with E-state index in [-0.39, 0.29) is 24.8 Å². The number of hydrogen-bond acceptors (Lipinski definition) is 7. The van der Waals surface area contributed by atoms with Crippen molar-refractivity contribution in [1.82, 2.24) is 14.8 Å². The number of hydrogen-bond donors (Lipinski definition) is 1. The third-order valence-corrected chi connectivity index (χ3v) is 5.90. The molecular formula is C22H30N4O4S. The van der Waals surface area contributed by atoms with Crippen LogP contribution in [0.25, 0.3) is 0 Å². The first-order valence-electron chi connectivity index (χ1n) is 10.5. The molecule has 1 fully saturated rings. The van der Waals surface area contributed by atoms with E-state index in [1.807, 2.05) is 31.2 Å². The van der Waals surface area contributed by atoms with E-state index in [2.05, 4.69) is 15.2 Å². The highest BCUT2D eigenvalue weighted by atomic mass is 32.1.